The van der Waals surface area contributed by atoms with Gasteiger partial charge in [0.05, 0.1) is 40.2 Å². The highest BCUT2D eigenvalue weighted by Gasteiger charge is 2.20. The zero-order valence-corrected chi connectivity index (χ0v) is 15.6. The van der Waals surface area contributed by atoms with Gasteiger partial charge in [0.2, 0.25) is 0 Å². The summed E-state index contributed by atoms with van der Waals surface area (Å²) in [7, 11) is 0. The Labute approximate surface area is 161 Å². The van der Waals surface area contributed by atoms with E-state index in [2.05, 4.69) is 16.4 Å². The van der Waals surface area contributed by atoms with Crippen LogP contribution < -0.4 is 5.32 Å². The number of aromatic nitrogens is 2. The molecule has 0 unspecified atom stereocenters. The van der Waals surface area contributed by atoms with Crippen molar-refractivity contribution >= 4 is 40.1 Å². The molecule has 3 aromatic rings. The van der Waals surface area contributed by atoms with E-state index in [1.165, 1.54) is 6.07 Å². The highest BCUT2D eigenvalue weighted by molar-refractivity contribution is 6.36. The summed E-state index contributed by atoms with van der Waals surface area (Å²) in [6, 6.07) is 14.2. The molecule has 5 nitrogen and oxygen atoms in total. The predicted octanol–water partition coefficient (Wildman–Crippen LogP) is 4.75. The summed E-state index contributed by atoms with van der Waals surface area (Å²) in [5.74, 6) is 0.387. The molecule has 3 rings (SSSR count). The van der Waals surface area contributed by atoms with Crippen molar-refractivity contribution in [1.82, 2.24) is 14.9 Å². The Balaban J connectivity index is 1.90. The SMILES string of the molecule is C[C@H](NC(=O)c1ccc(Cl)cc1Cl)c1nc2ccccc2n1CCC#N. The van der Waals surface area contributed by atoms with Crippen molar-refractivity contribution in [2.75, 3.05) is 0 Å². The van der Waals surface area contributed by atoms with Gasteiger partial charge in [0, 0.05) is 11.6 Å². The second kappa shape index (κ2) is 7.77. The number of carbonyl (C=O) groups is 1. The molecule has 0 aliphatic rings. The number of hydrogen-bond donors (Lipinski definition) is 1. The van der Waals surface area contributed by atoms with Gasteiger partial charge in [-0.25, -0.2) is 4.98 Å². The number of halogens is 2. The number of hydrogen-bond acceptors (Lipinski definition) is 3. The van der Waals surface area contributed by atoms with Gasteiger partial charge in [-0.05, 0) is 37.3 Å². The van der Waals surface area contributed by atoms with E-state index in [0.717, 1.165) is 11.0 Å². The predicted molar refractivity (Wildman–Crippen MR) is 102 cm³/mol. The molecular weight excluding hydrogens is 371 g/mol. The molecule has 0 radical (unpaired) electrons. The first-order valence-corrected chi connectivity index (χ1v) is 8.85. The third-order valence-corrected chi connectivity index (χ3v) is 4.59. The second-order valence-electron chi connectivity index (χ2n) is 5.84. The van der Waals surface area contributed by atoms with Crippen LogP contribution in [0.15, 0.2) is 42.5 Å². The Bertz CT molecular complexity index is 1010. The van der Waals surface area contributed by atoms with Crippen molar-refractivity contribution in [3.05, 3.63) is 63.9 Å². The van der Waals surface area contributed by atoms with E-state index in [0.29, 0.717) is 34.4 Å². The first kappa shape index (κ1) is 18.2. The fraction of sp³-hybridized carbons (Fsp3) is 0.211. The number of para-hydroxylation sites is 2. The van der Waals surface area contributed by atoms with E-state index in [9.17, 15) is 4.79 Å². The number of aryl methyl sites for hydroxylation is 1. The molecular formula is C19H16Cl2N4O. The summed E-state index contributed by atoms with van der Waals surface area (Å²) in [4.78, 5) is 17.2. The fourth-order valence-corrected chi connectivity index (χ4v) is 3.33. The van der Waals surface area contributed by atoms with Crippen LogP contribution in [0.1, 0.15) is 35.6 Å². The van der Waals surface area contributed by atoms with Crippen molar-refractivity contribution in [1.29, 1.82) is 5.26 Å². The van der Waals surface area contributed by atoms with Crippen molar-refractivity contribution in [2.45, 2.75) is 25.9 Å². The van der Waals surface area contributed by atoms with Crippen LogP contribution in [0, 0.1) is 11.3 Å². The lowest BCUT2D eigenvalue weighted by Crippen LogP contribution is -2.29. The van der Waals surface area contributed by atoms with Crippen molar-refractivity contribution in [3.63, 3.8) is 0 Å². The lowest BCUT2D eigenvalue weighted by molar-refractivity contribution is 0.0938. The van der Waals surface area contributed by atoms with Gasteiger partial charge in [-0.2, -0.15) is 5.26 Å². The zero-order valence-electron chi connectivity index (χ0n) is 14.0. The lowest BCUT2D eigenvalue weighted by Gasteiger charge is -2.16. The van der Waals surface area contributed by atoms with E-state index in [4.69, 9.17) is 28.5 Å². The van der Waals surface area contributed by atoms with Gasteiger partial charge in [-0.15, -0.1) is 0 Å². The topological polar surface area (TPSA) is 70.7 Å². The zero-order chi connectivity index (χ0) is 18.7. The maximum Gasteiger partial charge on any atom is 0.253 e. The standard InChI is InChI=1S/C19H16Cl2N4O/c1-12(23-19(26)14-8-7-13(20)11-15(14)21)18-24-16-5-2-3-6-17(16)25(18)10-4-9-22/h2-3,5-8,11-12H,4,10H2,1H3,(H,23,26)/t12-/m0/s1. The van der Waals surface area contributed by atoms with Crippen LogP contribution in [-0.4, -0.2) is 15.5 Å². The van der Waals surface area contributed by atoms with E-state index < -0.39 is 0 Å². The highest BCUT2D eigenvalue weighted by Crippen LogP contribution is 2.24. The Morgan fingerprint density at radius 1 is 1.31 bits per heavy atom. The molecule has 2 aromatic carbocycles. The second-order valence-corrected chi connectivity index (χ2v) is 6.68. The fourth-order valence-electron chi connectivity index (χ4n) is 2.83. The highest BCUT2D eigenvalue weighted by atomic mass is 35.5. The molecule has 1 aromatic heterocycles. The van der Waals surface area contributed by atoms with Crippen molar-refractivity contribution in [3.8, 4) is 6.07 Å². The maximum absolute atomic E-state index is 12.6. The molecule has 1 heterocycles. The van der Waals surface area contributed by atoms with Crippen LogP contribution in [0.2, 0.25) is 10.0 Å². The number of imidazole rings is 1. The lowest BCUT2D eigenvalue weighted by atomic mass is 10.2. The third kappa shape index (κ3) is 3.67. The van der Waals surface area contributed by atoms with Crippen LogP contribution in [-0.2, 0) is 6.54 Å². The van der Waals surface area contributed by atoms with Crippen LogP contribution in [0.4, 0.5) is 0 Å². The Kier molecular flexibility index (Phi) is 5.46. The number of rotatable bonds is 5. The summed E-state index contributed by atoms with van der Waals surface area (Å²) >= 11 is 12.0. The molecule has 0 saturated carbocycles. The van der Waals surface area contributed by atoms with Gasteiger partial charge in [0.15, 0.2) is 0 Å². The number of benzene rings is 2. The van der Waals surface area contributed by atoms with Crippen LogP contribution in [0.25, 0.3) is 11.0 Å². The monoisotopic (exact) mass is 386 g/mol. The van der Waals surface area contributed by atoms with E-state index in [-0.39, 0.29) is 11.9 Å². The molecule has 0 saturated heterocycles. The molecule has 132 valence electrons. The Morgan fingerprint density at radius 3 is 2.81 bits per heavy atom. The van der Waals surface area contributed by atoms with E-state index in [1.54, 1.807) is 12.1 Å². The minimum atomic E-state index is -0.361. The van der Waals surface area contributed by atoms with Crippen molar-refractivity contribution in [2.24, 2.45) is 0 Å². The van der Waals surface area contributed by atoms with Gasteiger partial charge in [0.1, 0.15) is 5.82 Å². The molecule has 0 spiro atoms. The first-order chi connectivity index (χ1) is 12.5. The Hall–Kier alpha value is -2.55. The summed E-state index contributed by atoms with van der Waals surface area (Å²) in [6.45, 7) is 2.36. The Morgan fingerprint density at radius 2 is 2.08 bits per heavy atom. The van der Waals surface area contributed by atoms with E-state index >= 15 is 0 Å². The van der Waals surface area contributed by atoms with Gasteiger partial charge in [-0.3, -0.25) is 4.79 Å². The average Bonchev–Trinajstić information content (AvgIpc) is 2.98. The number of nitrogens with one attached hydrogen (secondary N) is 1. The number of amides is 1. The first-order valence-electron chi connectivity index (χ1n) is 8.09. The van der Waals surface area contributed by atoms with Gasteiger partial charge < -0.3 is 9.88 Å². The minimum Gasteiger partial charge on any atom is -0.342 e. The normalized spacial score (nSPS) is 11.9. The van der Waals surface area contributed by atoms with Crippen LogP contribution >= 0.6 is 23.2 Å². The number of carbonyl (C=O) groups excluding carboxylic acids is 1. The molecule has 0 bridgehead atoms. The number of fused-ring (bicyclic) bond motifs is 1. The summed E-state index contributed by atoms with van der Waals surface area (Å²) in [6.07, 6.45) is 0.358. The minimum absolute atomic E-state index is 0.292. The summed E-state index contributed by atoms with van der Waals surface area (Å²) in [5, 5.41) is 12.6. The summed E-state index contributed by atoms with van der Waals surface area (Å²) < 4.78 is 1.97. The van der Waals surface area contributed by atoms with Gasteiger partial charge >= 0.3 is 0 Å². The van der Waals surface area contributed by atoms with Crippen LogP contribution in [0.3, 0.4) is 0 Å². The van der Waals surface area contributed by atoms with Crippen molar-refractivity contribution < 1.29 is 4.79 Å². The third-order valence-electron chi connectivity index (χ3n) is 4.04. The van der Waals surface area contributed by atoms with E-state index in [1.807, 2.05) is 35.8 Å². The molecule has 7 heteroatoms. The molecule has 1 amide bonds. The largest absolute Gasteiger partial charge is 0.342 e. The number of nitrogens with zero attached hydrogens (tertiary/aromatic N) is 3. The smallest absolute Gasteiger partial charge is 0.253 e. The van der Waals surface area contributed by atoms with Crippen LogP contribution in [0.5, 0.6) is 0 Å². The quantitative estimate of drug-likeness (QED) is 0.687. The molecule has 26 heavy (non-hydrogen) atoms. The maximum atomic E-state index is 12.6. The molecule has 0 aliphatic heterocycles. The molecule has 0 aliphatic carbocycles. The summed E-state index contributed by atoms with van der Waals surface area (Å²) in [5.41, 5.74) is 2.11. The average molecular weight is 387 g/mol. The molecule has 1 atom stereocenters. The number of nitriles is 1. The van der Waals surface area contributed by atoms with Gasteiger partial charge in [0.25, 0.3) is 5.91 Å². The molecule has 0 fully saturated rings. The van der Waals surface area contributed by atoms with Gasteiger partial charge in [-0.1, -0.05) is 35.3 Å². The molecule has 1 N–H and O–H groups in total.